The van der Waals surface area contributed by atoms with E-state index in [0.717, 1.165) is 43.2 Å². The third kappa shape index (κ3) is 8.12. The molecule has 1 aromatic heterocycles. The zero-order valence-electron chi connectivity index (χ0n) is 23.2. The number of hydrogen-bond donors (Lipinski definition) is 0. The predicted octanol–water partition coefficient (Wildman–Crippen LogP) is 6.04. The summed E-state index contributed by atoms with van der Waals surface area (Å²) in [7, 11) is -3.15. The molecule has 4 rings (SSSR count). The lowest BCUT2D eigenvalue weighted by Crippen LogP contribution is -2.41. The maximum atomic E-state index is 14.9. The summed E-state index contributed by atoms with van der Waals surface area (Å²) in [4.78, 5) is 4.73. The van der Waals surface area contributed by atoms with Crippen LogP contribution in [-0.4, -0.2) is 62.0 Å². The summed E-state index contributed by atoms with van der Waals surface area (Å²) in [6, 6.07) is 4.03. The second-order valence-corrected chi connectivity index (χ2v) is 14.2. The van der Waals surface area contributed by atoms with Crippen molar-refractivity contribution >= 4 is 10.0 Å². The Morgan fingerprint density at radius 1 is 1.05 bits per heavy atom. The lowest BCUT2D eigenvalue weighted by Gasteiger charge is -2.35. The van der Waals surface area contributed by atoms with E-state index in [-0.39, 0.29) is 18.1 Å². The number of aromatic nitrogens is 1. The van der Waals surface area contributed by atoms with Crippen LogP contribution >= 0.6 is 0 Å². The fourth-order valence-corrected chi connectivity index (χ4v) is 7.59. The first-order valence-electron chi connectivity index (χ1n) is 14.4. The first-order chi connectivity index (χ1) is 17.6. The first-order valence-corrected chi connectivity index (χ1v) is 16.3. The van der Waals surface area contributed by atoms with E-state index < -0.39 is 16.2 Å². The number of rotatable bonds is 9. The molecular formula is C29H47FN2O4S. The molecule has 5 atom stereocenters. The van der Waals surface area contributed by atoms with Crippen molar-refractivity contribution in [3.63, 3.8) is 0 Å². The third-order valence-electron chi connectivity index (χ3n) is 8.67. The molecule has 0 bridgehead atoms. The van der Waals surface area contributed by atoms with E-state index in [0.29, 0.717) is 50.8 Å². The molecule has 0 radical (unpaired) electrons. The number of hydrogen-bond acceptors (Lipinski definition) is 5. The highest BCUT2D eigenvalue weighted by Gasteiger charge is 2.34. The van der Waals surface area contributed by atoms with E-state index >= 15 is 0 Å². The summed E-state index contributed by atoms with van der Waals surface area (Å²) in [5.41, 5.74) is 2.13. The minimum absolute atomic E-state index is 0.0285. The summed E-state index contributed by atoms with van der Waals surface area (Å²) in [5.74, 6) is 2.30. The van der Waals surface area contributed by atoms with Gasteiger partial charge in [0.1, 0.15) is 12.3 Å². The summed E-state index contributed by atoms with van der Waals surface area (Å²) in [5, 5.41) is 0. The van der Waals surface area contributed by atoms with Crippen LogP contribution in [0.15, 0.2) is 12.1 Å². The molecule has 37 heavy (non-hydrogen) atoms. The highest BCUT2D eigenvalue weighted by Crippen LogP contribution is 2.40. The fourth-order valence-electron chi connectivity index (χ4n) is 6.71. The van der Waals surface area contributed by atoms with E-state index in [2.05, 4.69) is 19.9 Å². The SMILES string of the molecule is Cc1nc(OC2CCN(S(C)(=O)=O)CC2)ccc1C1CCC(F)C(COC2CCCC(CC(C)C)C2)C1. The van der Waals surface area contributed by atoms with E-state index in [4.69, 9.17) is 14.5 Å². The highest BCUT2D eigenvalue weighted by atomic mass is 32.2. The third-order valence-corrected chi connectivity index (χ3v) is 9.98. The van der Waals surface area contributed by atoms with Gasteiger partial charge < -0.3 is 9.47 Å². The molecule has 1 aromatic rings. The highest BCUT2D eigenvalue weighted by molar-refractivity contribution is 7.88. The summed E-state index contributed by atoms with van der Waals surface area (Å²) < 4.78 is 52.3. The van der Waals surface area contributed by atoms with Gasteiger partial charge in [-0.1, -0.05) is 32.8 Å². The van der Waals surface area contributed by atoms with Gasteiger partial charge >= 0.3 is 0 Å². The molecule has 0 spiro atoms. The summed E-state index contributed by atoms with van der Waals surface area (Å²) in [6.45, 7) is 8.08. The molecular weight excluding hydrogens is 491 g/mol. The number of ether oxygens (including phenoxy) is 2. The summed E-state index contributed by atoms with van der Waals surface area (Å²) >= 11 is 0. The zero-order chi connectivity index (χ0) is 26.6. The molecule has 2 aliphatic carbocycles. The molecule has 1 aliphatic heterocycles. The van der Waals surface area contributed by atoms with Crippen LogP contribution in [0.4, 0.5) is 4.39 Å². The maximum absolute atomic E-state index is 14.9. The maximum Gasteiger partial charge on any atom is 0.213 e. The number of sulfonamides is 1. The van der Waals surface area contributed by atoms with Gasteiger partial charge in [-0.25, -0.2) is 22.1 Å². The molecule has 3 aliphatic rings. The van der Waals surface area contributed by atoms with Crippen LogP contribution in [0.1, 0.15) is 95.2 Å². The lowest BCUT2D eigenvalue weighted by atomic mass is 9.76. The second kappa shape index (κ2) is 12.7. The van der Waals surface area contributed by atoms with E-state index in [1.165, 1.54) is 35.4 Å². The zero-order valence-corrected chi connectivity index (χ0v) is 24.0. The number of piperidine rings is 1. The van der Waals surface area contributed by atoms with Gasteiger partial charge in [0.25, 0.3) is 0 Å². The molecule has 5 unspecified atom stereocenters. The van der Waals surface area contributed by atoms with Gasteiger partial charge in [0.15, 0.2) is 0 Å². The normalized spacial score (nSPS) is 30.5. The number of pyridine rings is 1. The van der Waals surface area contributed by atoms with Gasteiger partial charge in [-0.15, -0.1) is 0 Å². The Hall–Kier alpha value is -1.25. The first kappa shape index (κ1) is 28.8. The van der Waals surface area contributed by atoms with E-state index in [9.17, 15) is 12.8 Å². The molecule has 0 N–H and O–H groups in total. The summed E-state index contributed by atoms with van der Waals surface area (Å²) in [6.07, 6.45) is 10.3. The van der Waals surface area contributed by atoms with Gasteiger partial charge in [0.05, 0.1) is 19.0 Å². The minimum Gasteiger partial charge on any atom is -0.474 e. The molecule has 0 aromatic carbocycles. The van der Waals surface area contributed by atoms with Crippen LogP contribution in [-0.2, 0) is 14.8 Å². The number of halogens is 1. The molecule has 1 saturated heterocycles. The van der Waals surface area contributed by atoms with Gasteiger partial charge in [0, 0.05) is 30.8 Å². The Morgan fingerprint density at radius 3 is 2.49 bits per heavy atom. The Labute approximate surface area is 223 Å². The van der Waals surface area contributed by atoms with Crippen LogP contribution < -0.4 is 4.74 Å². The molecule has 2 saturated carbocycles. The van der Waals surface area contributed by atoms with Crippen molar-refractivity contribution < 1.29 is 22.3 Å². The predicted molar refractivity (Wildman–Crippen MR) is 145 cm³/mol. The van der Waals surface area contributed by atoms with E-state index in [1.54, 1.807) is 0 Å². The van der Waals surface area contributed by atoms with Gasteiger partial charge in [-0.2, -0.15) is 0 Å². The van der Waals surface area contributed by atoms with Crippen molar-refractivity contribution in [3.05, 3.63) is 23.4 Å². The molecule has 8 heteroatoms. The standard InChI is InChI=1S/C29H47FN2O4S/c1-20(2)16-22-6-5-7-26(17-22)35-19-24-18-23(8-10-28(24)30)27-9-11-29(31-21(27)3)36-25-12-14-32(15-13-25)37(4,33)34/h9,11,20,22-26,28H,5-8,10,12-19H2,1-4H3. The van der Waals surface area contributed by atoms with Crippen molar-refractivity contribution in [2.45, 2.75) is 109 Å². The molecule has 210 valence electrons. The molecule has 0 amide bonds. The van der Waals surface area contributed by atoms with Crippen molar-refractivity contribution in [3.8, 4) is 5.88 Å². The Kier molecular flexibility index (Phi) is 9.90. The smallest absolute Gasteiger partial charge is 0.213 e. The Morgan fingerprint density at radius 2 is 1.81 bits per heavy atom. The average molecular weight is 539 g/mol. The molecule has 3 fully saturated rings. The monoisotopic (exact) mass is 538 g/mol. The van der Waals surface area contributed by atoms with Crippen LogP contribution in [0.5, 0.6) is 5.88 Å². The van der Waals surface area contributed by atoms with Gasteiger partial charge in [0.2, 0.25) is 15.9 Å². The van der Waals surface area contributed by atoms with Crippen LogP contribution in [0, 0.1) is 24.7 Å². The molecule has 6 nitrogen and oxygen atoms in total. The quantitative estimate of drug-likeness (QED) is 0.384. The van der Waals surface area contributed by atoms with Gasteiger partial charge in [-0.3, -0.25) is 0 Å². The fraction of sp³-hybridized carbons (Fsp3) is 0.828. The van der Waals surface area contributed by atoms with Crippen LogP contribution in [0.25, 0.3) is 0 Å². The minimum atomic E-state index is -3.15. The number of alkyl halides is 1. The topological polar surface area (TPSA) is 68.7 Å². The van der Waals surface area contributed by atoms with Crippen molar-refractivity contribution in [1.82, 2.24) is 9.29 Å². The van der Waals surface area contributed by atoms with Crippen molar-refractivity contribution in [2.75, 3.05) is 26.0 Å². The van der Waals surface area contributed by atoms with Crippen molar-refractivity contribution in [1.29, 1.82) is 0 Å². The average Bonchev–Trinajstić information content (AvgIpc) is 2.83. The van der Waals surface area contributed by atoms with Gasteiger partial charge in [-0.05, 0) is 81.6 Å². The van der Waals surface area contributed by atoms with Crippen LogP contribution in [0.3, 0.4) is 0 Å². The van der Waals surface area contributed by atoms with E-state index in [1.807, 2.05) is 13.0 Å². The largest absolute Gasteiger partial charge is 0.474 e. The lowest BCUT2D eigenvalue weighted by molar-refractivity contribution is -0.0313. The second-order valence-electron chi connectivity index (χ2n) is 12.2. The van der Waals surface area contributed by atoms with Crippen molar-refractivity contribution in [2.24, 2.45) is 17.8 Å². The van der Waals surface area contributed by atoms with Crippen LogP contribution in [0.2, 0.25) is 0 Å². The Balaban J connectivity index is 1.29. The molecule has 2 heterocycles. The number of nitrogens with zero attached hydrogens (tertiary/aromatic N) is 2. The Bertz CT molecular complexity index is 980. The number of aryl methyl sites for hydroxylation is 1.